The minimum Gasteiger partial charge on any atom is -0.309 e. The first-order valence-corrected chi connectivity index (χ1v) is 8.62. The minimum absolute atomic E-state index is 0.369. The van der Waals surface area contributed by atoms with Crippen LogP contribution in [0.5, 0.6) is 0 Å². The van der Waals surface area contributed by atoms with E-state index in [4.69, 9.17) is 5.10 Å². The summed E-state index contributed by atoms with van der Waals surface area (Å²) in [5.41, 5.74) is 1.56. The van der Waals surface area contributed by atoms with Gasteiger partial charge in [-0.15, -0.1) is 0 Å². The first-order chi connectivity index (χ1) is 10.2. The molecule has 2 fully saturated rings. The van der Waals surface area contributed by atoms with E-state index in [9.17, 15) is 0 Å². The summed E-state index contributed by atoms with van der Waals surface area (Å²) in [6.45, 7) is 1.98. The Kier molecular flexibility index (Phi) is 4.65. The molecule has 118 valence electrons. The Morgan fingerprint density at radius 2 is 1.95 bits per heavy atom. The van der Waals surface area contributed by atoms with E-state index in [1.54, 1.807) is 0 Å². The molecule has 0 aliphatic heterocycles. The number of hydrogen-bond acceptors (Lipinski definition) is 3. The van der Waals surface area contributed by atoms with Crippen LogP contribution in [0.3, 0.4) is 0 Å². The van der Waals surface area contributed by atoms with Crippen molar-refractivity contribution in [3.05, 3.63) is 18.0 Å². The second-order valence-electron chi connectivity index (χ2n) is 7.15. The van der Waals surface area contributed by atoms with Gasteiger partial charge in [-0.1, -0.05) is 25.7 Å². The maximum atomic E-state index is 4.76. The molecule has 4 nitrogen and oxygen atoms in total. The van der Waals surface area contributed by atoms with E-state index >= 15 is 0 Å². The van der Waals surface area contributed by atoms with Gasteiger partial charge in [0.1, 0.15) is 0 Å². The van der Waals surface area contributed by atoms with E-state index in [-0.39, 0.29) is 0 Å². The van der Waals surface area contributed by atoms with E-state index in [1.165, 1.54) is 57.1 Å². The van der Waals surface area contributed by atoms with Crippen LogP contribution in [0, 0.1) is 0 Å². The maximum Gasteiger partial charge on any atom is 0.0762 e. The predicted octanol–water partition coefficient (Wildman–Crippen LogP) is 2.96. The fourth-order valence-corrected chi connectivity index (χ4v) is 4.08. The first kappa shape index (κ1) is 15.0. The van der Waals surface area contributed by atoms with Crippen LogP contribution in [0.2, 0.25) is 0 Å². The van der Waals surface area contributed by atoms with Gasteiger partial charge < -0.3 is 10.2 Å². The van der Waals surface area contributed by atoms with Gasteiger partial charge in [0.05, 0.1) is 11.7 Å². The molecule has 1 aromatic rings. The average Bonchev–Trinajstić information content (AvgIpc) is 3.21. The van der Waals surface area contributed by atoms with Crippen LogP contribution in [0.15, 0.2) is 12.3 Å². The third-order valence-electron chi connectivity index (χ3n) is 5.61. The molecular formula is C17H30N4. The predicted molar refractivity (Wildman–Crippen MR) is 86.3 cm³/mol. The molecule has 4 heteroatoms. The van der Waals surface area contributed by atoms with Gasteiger partial charge >= 0.3 is 0 Å². The zero-order valence-corrected chi connectivity index (χ0v) is 13.6. The Hall–Kier alpha value is -0.870. The number of aromatic nitrogens is 2. The SMILES string of the molecule is CN(C)C1(CNCc2ccn(C3CCCC3)n2)CCCC1. The minimum atomic E-state index is 0.369. The van der Waals surface area contributed by atoms with Gasteiger partial charge in [0.25, 0.3) is 0 Å². The van der Waals surface area contributed by atoms with Crippen molar-refractivity contribution < 1.29 is 0 Å². The molecule has 1 heterocycles. The van der Waals surface area contributed by atoms with Gasteiger partial charge in [0, 0.05) is 24.8 Å². The van der Waals surface area contributed by atoms with Crippen LogP contribution in [0.1, 0.15) is 63.1 Å². The van der Waals surface area contributed by atoms with Gasteiger partial charge in [0.15, 0.2) is 0 Å². The summed E-state index contributed by atoms with van der Waals surface area (Å²) in [5, 5.41) is 8.42. The van der Waals surface area contributed by atoms with Crippen LogP contribution >= 0.6 is 0 Å². The van der Waals surface area contributed by atoms with Crippen molar-refractivity contribution in [2.75, 3.05) is 20.6 Å². The van der Waals surface area contributed by atoms with E-state index in [0.29, 0.717) is 11.6 Å². The van der Waals surface area contributed by atoms with Crippen molar-refractivity contribution in [2.45, 2.75) is 69.5 Å². The summed E-state index contributed by atoms with van der Waals surface area (Å²) in [5.74, 6) is 0. The highest BCUT2D eigenvalue weighted by Crippen LogP contribution is 2.33. The van der Waals surface area contributed by atoms with Gasteiger partial charge in [-0.25, -0.2) is 0 Å². The normalized spacial score (nSPS) is 22.4. The van der Waals surface area contributed by atoms with Crippen molar-refractivity contribution in [1.29, 1.82) is 0 Å². The second kappa shape index (κ2) is 6.49. The second-order valence-corrected chi connectivity index (χ2v) is 7.15. The quantitative estimate of drug-likeness (QED) is 0.874. The molecule has 0 unspecified atom stereocenters. The molecular weight excluding hydrogens is 260 g/mol. The van der Waals surface area contributed by atoms with Crippen LogP contribution in [0.25, 0.3) is 0 Å². The fraction of sp³-hybridized carbons (Fsp3) is 0.824. The molecule has 0 saturated heterocycles. The molecule has 21 heavy (non-hydrogen) atoms. The lowest BCUT2D eigenvalue weighted by Gasteiger charge is -2.36. The Balaban J connectivity index is 1.51. The zero-order valence-electron chi connectivity index (χ0n) is 13.6. The zero-order chi connectivity index (χ0) is 14.7. The Morgan fingerprint density at radius 3 is 2.62 bits per heavy atom. The highest BCUT2D eigenvalue weighted by molar-refractivity contribution is 5.01. The third-order valence-corrected chi connectivity index (χ3v) is 5.61. The van der Waals surface area contributed by atoms with E-state index < -0.39 is 0 Å². The molecule has 2 aliphatic rings. The molecule has 2 aliphatic carbocycles. The molecule has 1 N–H and O–H groups in total. The molecule has 0 radical (unpaired) electrons. The van der Waals surface area contributed by atoms with E-state index in [1.807, 2.05) is 0 Å². The molecule has 0 amide bonds. The van der Waals surface area contributed by atoms with Crippen molar-refractivity contribution >= 4 is 0 Å². The first-order valence-electron chi connectivity index (χ1n) is 8.62. The van der Waals surface area contributed by atoms with Gasteiger partial charge in [0.2, 0.25) is 0 Å². The van der Waals surface area contributed by atoms with Crippen molar-refractivity contribution in [3.63, 3.8) is 0 Å². The maximum absolute atomic E-state index is 4.76. The Bertz CT molecular complexity index is 439. The molecule has 0 bridgehead atoms. The lowest BCUT2D eigenvalue weighted by Crippen LogP contribution is -2.49. The summed E-state index contributed by atoms with van der Waals surface area (Å²) in [7, 11) is 4.45. The highest BCUT2D eigenvalue weighted by Gasteiger charge is 2.35. The summed E-state index contributed by atoms with van der Waals surface area (Å²) in [4.78, 5) is 2.42. The molecule has 0 atom stereocenters. The smallest absolute Gasteiger partial charge is 0.0762 e. The fourth-order valence-electron chi connectivity index (χ4n) is 4.08. The number of rotatable bonds is 6. The monoisotopic (exact) mass is 290 g/mol. The lowest BCUT2D eigenvalue weighted by molar-refractivity contribution is 0.153. The van der Waals surface area contributed by atoms with E-state index in [0.717, 1.165) is 13.1 Å². The topological polar surface area (TPSA) is 33.1 Å². The summed E-state index contributed by atoms with van der Waals surface area (Å²) >= 11 is 0. The van der Waals surface area contributed by atoms with Crippen molar-refractivity contribution in [3.8, 4) is 0 Å². The summed E-state index contributed by atoms with van der Waals surface area (Å²) in [6, 6.07) is 2.84. The average molecular weight is 290 g/mol. The van der Waals surface area contributed by atoms with Gasteiger partial charge in [-0.3, -0.25) is 4.68 Å². The van der Waals surface area contributed by atoms with Crippen LogP contribution in [0.4, 0.5) is 0 Å². The van der Waals surface area contributed by atoms with Crippen LogP contribution in [-0.2, 0) is 6.54 Å². The van der Waals surface area contributed by atoms with Gasteiger partial charge in [-0.05, 0) is 45.8 Å². The number of nitrogens with one attached hydrogen (secondary N) is 1. The lowest BCUT2D eigenvalue weighted by atomic mass is 9.96. The van der Waals surface area contributed by atoms with Crippen LogP contribution < -0.4 is 5.32 Å². The Morgan fingerprint density at radius 1 is 1.24 bits per heavy atom. The molecule has 0 spiro atoms. The van der Waals surface area contributed by atoms with Crippen molar-refractivity contribution in [2.24, 2.45) is 0 Å². The molecule has 1 aromatic heterocycles. The molecule has 2 saturated carbocycles. The largest absolute Gasteiger partial charge is 0.309 e. The third kappa shape index (κ3) is 3.32. The van der Waals surface area contributed by atoms with E-state index in [2.05, 4.69) is 41.3 Å². The van der Waals surface area contributed by atoms with Gasteiger partial charge in [-0.2, -0.15) is 5.10 Å². The highest BCUT2D eigenvalue weighted by atomic mass is 15.3. The molecule has 3 rings (SSSR count). The van der Waals surface area contributed by atoms with Crippen molar-refractivity contribution in [1.82, 2.24) is 20.0 Å². The Labute approximate surface area is 128 Å². The summed E-state index contributed by atoms with van der Waals surface area (Å²) < 4.78 is 2.20. The van der Waals surface area contributed by atoms with Crippen LogP contribution in [-0.4, -0.2) is 40.9 Å². The molecule has 0 aromatic carbocycles. The summed E-state index contributed by atoms with van der Waals surface area (Å²) in [6.07, 6.45) is 12.9. The number of likely N-dealkylation sites (N-methyl/N-ethyl adjacent to an activating group) is 1. The number of hydrogen-bond donors (Lipinski definition) is 1. The standard InChI is InChI=1S/C17H30N4/c1-20(2)17(10-5-6-11-17)14-18-13-15-9-12-21(19-15)16-7-3-4-8-16/h9,12,16,18H,3-8,10-11,13-14H2,1-2H3. The number of nitrogens with zero attached hydrogens (tertiary/aromatic N) is 3.